The minimum absolute atomic E-state index is 0.188. The van der Waals surface area contributed by atoms with Crippen LogP contribution < -0.4 is 5.73 Å². The van der Waals surface area contributed by atoms with Gasteiger partial charge in [0.25, 0.3) is 0 Å². The Hall–Kier alpha value is -1.61. The van der Waals surface area contributed by atoms with E-state index in [2.05, 4.69) is 15.2 Å². The number of thiazole rings is 1. The molecule has 7 nitrogen and oxygen atoms in total. The van der Waals surface area contributed by atoms with Crippen molar-refractivity contribution >= 4 is 35.0 Å². The maximum Gasteiger partial charge on any atom is 0.367 e. The summed E-state index contributed by atoms with van der Waals surface area (Å²) < 4.78 is 6.78. The van der Waals surface area contributed by atoms with E-state index in [1.165, 1.54) is 23.1 Å². The van der Waals surface area contributed by atoms with Crippen molar-refractivity contribution in [3.8, 4) is 0 Å². The van der Waals surface area contributed by atoms with Crippen LogP contribution in [0.2, 0.25) is 0 Å². The standard InChI is InChI=1S/C12H17N5O2S2/c1-4-19-10(18)9-14-8(5-20-9)6-21-12-16-15-11(13)17(12)7(2)3/h5,7H,4,6H2,1-3H3,(H2,13,15). The van der Waals surface area contributed by atoms with Crippen LogP contribution in [-0.2, 0) is 10.5 Å². The van der Waals surface area contributed by atoms with Crippen molar-refractivity contribution in [3.05, 3.63) is 16.1 Å². The Bertz CT molecular complexity index is 623. The molecule has 0 aromatic carbocycles. The van der Waals surface area contributed by atoms with Crippen LogP contribution in [0.15, 0.2) is 10.5 Å². The Kier molecular flexibility index (Phi) is 5.18. The lowest BCUT2D eigenvalue weighted by atomic mass is 10.4. The molecule has 0 amide bonds. The number of nitrogen functional groups attached to an aromatic ring is 1. The van der Waals surface area contributed by atoms with Crippen molar-refractivity contribution in [2.75, 3.05) is 12.3 Å². The number of nitrogens with zero attached hydrogens (tertiary/aromatic N) is 4. The van der Waals surface area contributed by atoms with Crippen LogP contribution in [0, 0.1) is 0 Å². The number of hydrogen-bond acceptors (Lipinski definition) is 8. The van der Waals surface area contributed by atoms with Crippen molar-refractivity contribution < 1.29 is 9.53 Å². The van der Waals surface area contributed by atoms with Gasteiger partial charge in [0.05, 0.1) is 12.3 Å². The van der Waals surface area contributed by atoms with Crippen LogP contribution in [0.4, 0.5) is 5.95 Å². The lowest BCUT2D eigenvalue weighted by Gasteiger charge is -2.10. The third kappa shape index (κ3) is 3.73. The summed E-state index contributed by atoms with van der Waals surface area (Å²) in [5, 5.41) is 10.9. The van der Waals surface area contributed by atoms with Gasteiger partial charge in [-0.2, -0.15) is 0 Å². The molecule has 9 heteroatoms. The van der Waals surface area contributed by atoms with Gasteiger partial charge in [-0.15, -0.1) is 21.5 Å². The molecule has 0 unspecified atom stereocenters. The molecule has 2 rings (SSSR count). The van der Waals surface area contributed by atoms with Crippen LogP contribution in [0.3, 0.4) is 0 Å². The SMILES string of the molecule is CCOC(=O)c1nc(CSc2nnc(N)n2C(C)C)cs1. The van der Waals surface area contributed by atoms with Gasteiger partial charge in [0.1, 0.15) is 0 Å². The van der Waals surface area contributed by atoms with E-state index in [1.54, 1.807) is 6.92 Å². The molecule has 0 bridgehead atoms. The Balaban J connectivity index is 2.02. The van der Waals surface area contributed by atoms with E-state index < -0.39 is 0 Å². The summed E-state index contributed by atoms with van der Waals surface area (Å²) in [7, 11) is 0. The molecule has 21 heavy (non-hydrogen) atoms. The molecule has 0 fully saturated rings. The highest BCUT2D eigenvalue weighted by Gasteiger charge is 2.15. The molecule has 2 aromatic heterocycles. The fourth-order valence-electron chi connectivity index (χ4n) is 1.67. The van der Waals surface area contributed by atoms with E-state index in [1.807, 2.05) is 23.8 Å². The summed E-state index contributed by atoms with van der Waals surface area (Å²) in [6.45, 7) is 6.15. The molecule has 0 saturated heterocycles. The molecule has 0 saturated carbocycles. The van der Waals surface area contributed by atoms with Gasteiger partial charge in [0.15, 0.2) is 5.16 Å². The minimum atomic E-state index is -0.381. The third-order valence-electron chi connectivity index (χ3n) is 2.56. The van der Waals surface area contributed by atoms with Crippen LogP contribution in [-0.4, -0.2) is 32.3 Å². The number of aromatic nitrogens is 4. The van der Waals surface area contributed by atoms with Crippen molar-refractivity contribution in [1.82, 2.24) is 19.7 Å². The lowest BCUT2D eigenvalue weighted by molar-refractivity contribution is 0.0525. The number of carbonyl (C=O) groups excluding carboxylic acids is 1. The highest BCUT2D eigenvalue weighted by molar-refractivity contribution is 7.98. The van der Waals surface area contributed by atoms with Crippen LogP contribution in [0.1, 0.15) is 42.3 Å². The maximum absolute atomic E-state index is 11.6. The monoisotopic (exact) mass is 327 g/mol. The van der Waals surface area contributed by atoms with Gasteiger partial charge in [-0.25, -0.2) is 9.78 Å². The first-order valence-electron chi connectivity index (χ1n) is 6.47. The second-order valence-electron chi connectivity index (χ2n) is 4.46. The van der Waals surface area contributed by atoms with Gasteiger partial charge in [-0.1, -0.05) is 11.8 Å². The molecule has 0 aliphatic carbocycles. The van der Waals surface area contributed by atoms with E-state index in [0.717, 1.165) is 10.9 Å². The van der Waals surface area contributed by atoms with Gasteiger partial charge >= 0.3 is 5.97 Å². The summed E-state index contributed by atoms with van der Waals surface area (Å²) in [5.74, 6) is 0.618. The Labute approximate surface area is 130 Å². The van der Waals surface area contributed by atoms with Crippen LogP contribution in [0.5, 0.6) is 0 Å². The highest BCUT2D eigenvalue weighted by Crippen LogP contribution is 2.26. The second-order valence-corrected chi connectivity index (χ2v) is 6.26. The van der Waals surface area contributed by atoms with Crippen molar-refractivity contribution in [3.63, 3.8) is 0 Å². The number of carbonyl (C=O) groups is 1. The largest absolute Gasteiger partial charge is 0.461 e. The highest BCUT2D eigenvalue weighted by atomic mass is 32.2. The van der Waals surface area contributed by atoms with Crippen molar-refractivity contribution in [2.24, 2.45) is 0 Å². The molecule has 114 valence electrons. The summed E-state index contributed by atoms with van der Waals surface area (Å²) in [4.78, 5) is 15.8. The molecule has 2 N–H and O–H groups in total. The van der Waals surface area contributed by atoms with Crippen molar-refractivity contribution in [2.45, 2.75) is 37.7 Å². The Morgan fingerprint density at radius 2 is 2.29 bits per heavy atom. The predicted octanol–water partition coefficient (Wildman–Crippen LogP) is 2.37. The maximum atomic E-state index is 11.6. The van der Waals surface area contributed by atoms with Crippen molar-refractivity contribution in [1.29, 1.82) is 0 Å². The first kappa shape index (κ1) is 15.8. The summed E-state index contributed by atoms with van der Waals surface area (Å²) in [5.41, 5.74) is 6.60. The number of hydrogen-bond donors (Lipinski definition) is 1. The molecule has 2 aromatic rings. The fourth-order valence-corrected chi connectivity index (χ4v) is 3.45. The average Bonchev–Trinajstić information content (AvgIpc) is 3.03. The molecular formula is C12H17N5O2S2. The van der Waals surface area contributed by atoms with Crippen LogP contribution >= 0.6 is 23.1 Å². The quantitative estimate of drug-likeness (QED) is 0.642. The second kappa shape index (κ2) is 6.90. The fraction of sp³-hybridized carbons (Fsp3) is 0.500. The van der Waals surface area contributed by atoms with E-state index in [0.29, 0.717) is 23.3 Å². The summed E-state index contributed by atoms with van der Waals surface area (Å²) in [6, 6.07) is 0.188. The number of thioether (sulfide) groups is 1. The van der Waals surface area contributed by atoms with Gasteiger partial charge in [-0.05, 0) is 20.8 Å². The van der Waals surface area contributed by atoms with E-state index >= 15 is 0 Å². The Morgan fingerprint density at radius 3 is 2.95 bits per heavy atom. The number of ether oxygens (including phenoxy) is 1. The minimum Gasteiger partial charge on any atom is -0.461 e. The summed E-state index contributed by atoms with van der Waals surface area (Å²) >= 11 is 2.77. The molecule has 0 atom stereocenters. The topological polar surface area (TPSA) is 95.9 Å². The number of esters is 1. The lowest BCUT2D eigenvalue weighted by Crippen LogP contribution is -2.07. The zero-order valence-corrected chi connectivity index (χ0v) is 13.7. The number of nitrogens with two attached hydrogens (primary N) is 1. The molecular weight excluding hydrogens is 310 g/mol. The molecule has 0 spiro atoms. The Morgan fingerprint density at radius 1 is 1.52 bits per heavy atom. The first-order chi connectivity index (χ1) is 10.0. The van der Waals surface area contributed by atoms with Gasteiger partial charge in [0, 0.05) is 17.2 Å². The third-order valence-corrected chi connectivity index (χ3v) is 4.41. The van der Waals surface area contributed by atoms with Gasteiger partial charge in [-0.3, -0.25) is 4.57 Å². The summed E-state index contributed by atoms with van der Waals surface area (Å²) in [6.07, 6.45) is 0. The smallest absolute Gasteiger partial charge is 0.367 e. The van der Waals surface area contributed by atoms with E-state index in [-0.39, 0.29) is 12.0 Å². The predicted molar refractivity (Wildman–Crippen MR) is 82.5 cm³/mol. The van der Waals surface area contributed by atoms with E-state index in [4.69, 9.17) is 10.5 Å². The zero-order valence-electron chi connectivity index (χ0n) is 12.1. The molecule has 0 radical (unpaired) electrons. The number of rotatable bonds is 6. The van der Waals surface area contributed by atoms with E-state index in [9.17, 15) is 4.79 Å². The van der Waals surface area contributed by atoms with Gasteiger partial charge < -0.3 is 10.5 Å². The first-order valence-corrected chi connectivity index (χ1v) is 8.34. The molecule has 0 aliphatic heterocycles. The van der Waals surface area contributed by atoms with Gasteiger partial charge in [0.2, 0.25) is 11.0 Å². The number of anilines is 1. The zero-order chi connectivity index (χ0) is 15.4. The van der Waals surface area contributed by atoms with Crippen LogP contribution in [0.25, 0.3) is 0 Å². The molecule has 0 aliphatic rings. The average molecular weight is 327 g/mol. The molecule has 2 heterocycles. The normalized spacial score (nSPS) is 11.0.